The molecule has 6 rings (SSSR count). The van der Waals surface area contributed by atoms with Gasteiger partial charge in [0.1, 0.15) is 5.75 Å². The van der Waals surface area contributed by atoms with Gasteiger partial charge in [0, 0.05) is 37.0 Å². The number of nitrogens with zero attached hydrogens (tertiary/aromatic N) is 2. The van der Waals surface area contributed by atoms with Crippen LogP contribution in [0.1, 0.15) is 62.5 Å². The summed E-state index contributed by atoms with van der Waals surface area (Å²) in [5.74, 6) is 1.21. The molecule has 2 bridgehead atoms. The van der Waals surface area contributed by atoms with Crippen LogP contribution in [0, 0.1) is 11.8 Å². The van der Waals surface area contributed by atoms with E-state index in [2.05, 4.69) is 15.9 Å². The smallest absolute Gasteiger partial charge is 0.225 e. The second-order valence-corrected chi connectivity index (χ2v) is 10.7. The van der Waals surface area contributed by atoms with Crippen LogP contribution in [0.4, 0.5) is 0 Å². The van der Waals surface area contributed by atoms with Crippen molar-refractivity contribution in [3.8, 4) is 5.75 Å². The SMILES string of the molecule is O=C([C@@H]1CC23CCN(CC4CC4)[C@H](Cc4ccc(O)cc42)[C@]3(O)C1)N1CCCCC1. The number of phenols is 1. The minimum absolute atomic E-state index is 0.0862. The van der Waals surface area contributed by atoms with E-state index in [1.54, 1.807) is 6.07 Å². The third-order valence-electron chi connectivity index (χ3n) is 9.03. The Bertz CT molecular complexity index is 862. The van der Waals surface area contributed by atoms with Gasteiger partial charge < -0.3 is 15.1 Å². The molecule has 2 aliphatic heterocycles. The van der Waals surface area contributed by atoms with Gasteiger partial charge in [0.2, 0.25) is 5.91 Å². The summed E-state index contributed by atoms with van der Waals surface area (Å²) in [7, 11) is 0. The fraction of sp³-hybridized carbons (Fsp3) is 0.720. The van der Waals surface area contributed by atoms with Crippen LogP contribution in [0.25, 0.3) is 0 Å². The number of piperidine rings is 2. The van der Waals surface area contributed by atoms with Gasteiger partial charge in [0.05, 0.1) is 5.60 Å². The largest absolute Gasteiger partial charge is 0.508 e. The molecule has 5 aliphatic rings. The van der Waals surface area contributed by atoms with Crippen molar-refractivity contribution in [1.82, 2.24) is 9.80 Å². The molecular weight excluding hydrogens is 376 g/mol. The van der Waals surface area contributed by atoms with Crippen molar-refractivity contribution in [3.63, 3.8) is 0 Å². The standard InChI is InChI=1S/C25H34N2O3/c28-20-7-6-18-12-22-25(30)15-19(23(29)26-9-2-1-3-10-26)14-24(25,21(18)13-20)8-11-27(22)16-17-4-5-17/h6-7,13,17,19,22,28,30H,1-5,8-12,14-16H2/t19-,22-,24?,25-/m1/s1. The monoisotopic (exact) mass is 410 g/mol. The molecule has 0 spiro atoms. The van der Waals surface area contributed by atoms with Crippen LogP contribution >= 0.6 is 0 Å². The molecular formula is C25H34N2O3. The van der Waals surface area contributed by atoms with Crippen LogP contribution < -0.4 is 0 Å². The highest BCUT2D eigenvalue weighted by molar-refractivity contribution is 5.80. The Kier molecular flexibility index (Phi) is 4.27. The third kappa shape index (κ3) is 2.70. The van der Waals surface area contributed by atoms with Gasteiger partial charge in [-0.25, -0.2) is 0 Å². The van der Waals surface area contributed by atoms with Gasteiger partial charge in [-0.15, -0.1) is 0 Å². The van der Waals surface area contributed by atoms with E-state index in [1.165, 1.54) is 24.8 Å². The van der Waals surface area contributed by atoms with Crippen LogP contribution in [0.3, 0.4) is 0 Å². The van der Waals surface area contributed by atoms with Gasteiger partial charge in [0.25, 0.3) is 0 Å². The molecule has 30 heavy (non-hydrogen) atoms. The molecule has 2 saturated carbocycles. The van der Waals surface area contributed by atoms with Crippen molar-refractivity contribution in [2.24, 2.45) is 11.8 Å². The summed E-state index contributed by atoms with van der Waals surface area (Å²) in [5.41, 5.74) is 1.09. The number of likely N-dealkylation sites (tertiary alicyclic amines) is 2. The van der Waals surface area contributed by atoms with Gasteiger partial charge >= 0.3 is 0 Å². The topological polar surface area (TPSA) is 64.0 Å². The van der Waals surface area contributed by atoms with E-state index in [0.29, 0.717) is 6.42 Å². The van der Waals surface area contributed by atoms with Gasteiger partial charge in [0.15, 0.2) is 0 Å². The van der Waals surface area contributed by atoms with Gasteiger partial charge in [-0.1, -0.05) is 6.07 Å². The van der Waals surface area contributed by atoms with Crippen molar-refractivity contribution in [3.05, 3.63) is 29.3 Å². The van der Waals surface area contributed by atoms with E-state index >= 15 is 0 Å². The van der Waals surface area contributed by atoms with Crippen molar-refractivity contribution in [1.29, 1.82) is 0 Å². The zero-order chi connectivity index (χ0) is 20.5. The molecule has 5 nitrogen and oxygen atoms in total. The molecule has 1 amide bonds. The lowest BCUT2D eigenvalue weighted by Crippen LogP contribution is -2.69. The highest BCUT2D eigenvalue weighted by atomic mass is 16.3. The number of aromatic hydroxyl groups is 1. The van der Waals surface area contributed by atoms with Crippen LogP contribution in [0.5, 0.6) is 5.75 Å². The van der Waals surface area contributed by atoms with E-state index in [-0.39, 0.29) is 23.6 Å². The summed E-state index contributed by atoms with van der Waals surface area (Å²) in [6, 6.07) is 5.81. The summed E-state index contributed by atoms with van der Waals surface area (Å²) in [5, 5.41) is 22.6. The molecule has 4 fully saturated rings. The quantitative estimate of drug-likeness (QED) is 0.804. The molecule has 1 aromatic carbocycles. The number of phenolic OH excluding ortho intramolecular Hbond substituents is 1. The number of aliphatic hydroxyl groups is 1. The lowest BCUT2D eigenvalue weighted by molar-refractivity contribution is -0.140. The molecule has 0 radical (unpaired) electrons. The Morgan fingerprint density at radius 3 is 2.67 bits per heavy atom. The van der Waals surface area contributed by atoms with E-state index in [1.807, 2.05) is 6.07 Å². The summed E-state index contributed by atoms with van der Waals surface area (Å²) >= 11 is 0. The number of carbonyl (C=O) groups excluding carboxylic acids is 1. The zero-order valence-electron chi connectivity index (χ0n) is 17.9. The Hall–Kier alpha value is -1.59. The van der Waals surface area contributed by atoms with E-state index < -0.39 is 11.0 Å². The van der Waals surface area contributed by atoms with Crippen molar-refractivity contribution in [2.45, 2.75) is 74.8 Å². The van der Waals surface area contributed by atoms with E-state index in [4.69, 9.17) is 0 Å². The average Bonchev–Trinajstić information content (AvgIpc) is 3.50. The highest BCUT2D eigenvalue weighted by Crippen LogP contribution is 2.62. The maximum absolute atomic E-state index is 13.5. The molecule has 1 aromatic rings. The van der Waals surface area contributed by atoms with Crippen LogP contribution in [-0.4, -0.2) is 63.7 Å². The van der Waals surface area contributed by atoms with Gasteiger partial charge in [-0.2, -0.15) is 0 Å². The molecule has 3 aliphatic carbocycles. The van der Waals surface area contributed by atoms with E-state index in [9.17, 15) is 15.0 Å². The third-order valence-corrected chi connectivity index (χ3v) is 9.03. The Labute approximate surface area is 179 Å². The maximum atomic E-state index is 13.5. The van der Waals surface area contributed by atoms with Crippen molar-refractivity contribution >= 4 is 5.91 Å². The Morgan fingerprint density at radius 1 is 1.10 bits per heavy atom. The average molecular weight is 411 g/mol. The number of rotatable bonds is 3. The first-order chi connectivity index (χ1) is 14.5. The molecule has 5 heteroatoms. The normalized spacial score (nSPS) is 38.2. The van der Waals surface area contributed by atoms with E-state index in [0.717, 1.165) is 69.8 Å². The molecule has 4 atom stereocenters. The number of amides is 1. The minimum Gasteiger partial charge on any atom is -0.508 e. The Morgan fingerprint density at radius 2 is 1.90 bits per heavy atom. The first kappa shape index (κ1) is 19.1. The Balaban J connectivity index is 1.39. The molecule has 2 heterocycles. The number of hydrogen-bond acceptors (Lipinski definition) is 4. The molecule has 1 unspecified atom stereocenters. The predicted molar refractivity (Wildman–Crippen MR) is 114 cm³/mol. The van der Waals surface area contributed by atoms with Gasteiger partial charge in [-0.3, -0.25) is 9.69 Å². The molecule has 2 saturated heterocycles. The van der Waals surface area contributed by atoms with Gasteiger partial charge in [-0.05, 0) is 93.5 Å². The summed E-state index contributed by atoms with van der Waals surface area (Å²) in [6.45, 7) is 3.81. The molecule has 2 N–H and O–H groups in total. The lowest BCUT2D eigenvalue weighted by Gasteiger charge is -2.59. The highest BCUT2D eigenvalue weighted by Gasteiger charge is 2.68. The summed E-state index contributed by atoms with van der Waals surface area (Å²) in [4.78, 5) is 18.1. The van der Waals surface area contributed by atoms with Crippen LogP contribution in [0.15, 0.2) is 18.2 Å². The lowest BCUT2D eigenvalue weighted by atomic mass is 9.56. The van der Waals surface area contributed by atoms with Crippen LogP contribution in [-0.2, 0) is 16.6 Å². The first-order valence-corrected chi connectivity index (χ1v) is 12.1. The number of hydrogen-bond donors (Lipinski definition) is 2. The maximum Gasteiger partial charge on any atom is 0.225 e. The first-order valence-electron chi connectivity index (χ1n) is 12.1. The number of carbonyl (C=O) groups is 1. The van der Waals surface area contributed by atoms with Crippen molar-refractivity contribution < 1.29 is 15.0 Å². The molecule has 0 aromatic heterocycles. The molecule has 162 valence electrons. The van der Waals surface area contributed by atoms with Crippen molar-refractivity contribution in [2.75, 3.05) is 26.2 Å². The minimum atomic E-state index is -0.878. The second kappa shape index (κ2) is 6.70. The number of benzene rings is 1. The summed E-state index contributed by atoms with van der Waals surface area (Å²) < 4.78 is 0. The number of fused-ring (bicyclic) bond motifs is 1. The zero-order valence-corrected chi connectivity index (χ0v) is 17.9. The van der Waals surface area contributed by atoms with Crippen LogP contribution in [0.2, 0.25) is 0 Å². The summed E-state index contributed by atoms with van der Waals surface area (Å²) in [6.07, 6.45) is 9.04. The predicted octanol–water partition coefficient (Wildman–Crippen LogP) is 2.82. The fourth-order valence-corrected chi connectivity index (χ4v) is 7.38. The second-order valence-electron chi connectivity index (χ2n) is 10.7. The fourth-order valence-electron chi connectivity index (χ4n) is 7.38.